The summed E-state index contributed by atoms with van der Waals surface area (Å²) in [5.74, 6) is 1.42. The number of carbonyl (C=O) groups excluding carboxylic acids is 4. The predicted octanol–water partition coefficient (Wildman–Crippen LogP) is 4.44. The Morgan fingerprint density at radius 3 is 2.00 bits per heavy atom. The van der Waals surface area contributed by atoms with E-state index in [-0.39, 0.29) is 18.7 Å². The molecule has 3 unspecified atom stereocenters. The van der Waals surface area contributed by atoms with E-state index >= 15 is 0 Å². The van der Waals surface area contributed by atoms with Crippen molar-refractivity contribution in [1.82, 2.24) is 15.5 Å². The summed E-state index contributed by atoms with van der Waals surface area (Å²) in [6.45, 7) is 16.7. The zero-order valence-corrected chi connectivity index (χ0v) is 25.6. The SMILES string of the molecule is C#Cc1ccc(C(C(=O)NC(C)(C)C)N(C(=O)C(CCC(N)=O)NC(=O)OC(C)(C)C)C(C)CCC(C)C)cc1. The number of alkyl carbamates (subject to hydrolysis) is 1. The van der Waals surface area contributed by atoms with Gasteiger partial charge in [-0.2, -0.15) is 0 Å². The summed E-state index contributed by atoms with van der Waals surface area (Å²) in [6.07, 6.45) is 5.96. The molecule has 1 aromatic rings. The van der Waals surface area contributed by atoms with Crippen molar-refractivity contribution in [2.24, 2.45) is 11.7 Å². The van der Waals surface area contributed by atoms with Crippen LogP contribution in [0.1, 0.15) is 105 Å². The van der Waals surface area contributed by atoms with Gasteiger partial charge in [0.05, 0.1) is 0 Å². The van der Waals surface area contributed by atoms with Crippen LogP contribution >= 0.6 is 0 Å². The number of ether oxygens (including phenoxy) is 1. The second-order valence-corrected chi connectivity index (χ2v) is 12.7. The average Bonchev–Trinajstić information content (AvgIpc) is 2.80. The van der Waals surface area contributed by atoms with Gasteiger partial charge in [-0.1, -0.05) is 31.9 Å². The number of amides is 4. The molecule has 0 bridgehead atoms. The van der Waals surface area contributed by atoms with E-state index in [0.717, 1.165) is 6.42 Å². The van der Waals surface area contributed by atoms with Gasteiger partial charge >= 0.3 is 6.09 Å². The standard InChI is InChI=1S/C31H48N4O5/c1-11-22-14-16-23(17-15-22)26(27(37)34-30(5,6)7)35(21(4)13-12-20(2)3)28(38)24(18-19-25(32)36)33-29(39)40-31(8,9)10/h1,14-17,20-21,24,26H,12-13,18-19H2,2-10H3,(H2,32,36)(H,33,39)(H,34,37). The molecule has 0 fully saturated rings. The van der Waals surface area contributed by atoms with E-state index in [4.69, 9.17) is 16.9 Å². The van der Waals surface area contributed by atoms with E-state index < -0.39 is 47.2 Å². The second kappa shape index (κ2) is 14.7. The Morgan fingerprint density at radius 2 is 1.55 bits per heavy atom. The minimum Gasteiger partial charge on any atom is -0.444 e. The quantitative estimate of drug-likeness (QED) is 0.328. The number of nitrogens with two attached hydrogens (primary N) is 1. The summed E-state index contributed by atoms with van der Waals surface area (Å²) in [5.41, 5.74) is 5.21. The van der Waals surface area contributed by atoms with Gasteiger partial charge in [-0.15, -0.1) is 6.42 Å². The Labute approximate surface area is 240 Å². The largest absolute Gasteiger partial charge is 0.444 e. The molecule has 0 saturated carbocycles. The fourth-order valence-electron chi connectivity index (χ4n) is 4.12. The summed E-state index contributed by atoms with van der Waals surface area (Å²) < 4.78 is 5.39. The fraction of sp³-hybridized carbons (Fsp3) is 0.613. The minimum atomic E-state index is -1.15. The highest BCUT2D eigenvalue weighted by Crippen LogP contribution is 2.29. The molecule has 1 aromatic carbocycles. The van der Waals surface area contributed by atoms with Crippen molar-refractivity contribution in [3.63, 3.8) is 0 Å². The van der Waals surface area contributed by atoms with E-state index in [0.29, 0.717) is 23.5 Å². The van der Waals surface area contributed by atoms with Gasteiger partial charge in [0.15, 0.2) is 0 Å². The molecule has 0 aliphatic rings. The number of benzene rings is 1. The number of hydrogen-bond donors (Lipinski definition) is 3. The Bertz CT molecular complexity index is 1060. The molecule has 0 radical (unpaired) electrons. The van der Waals surface area contributed by atoms with Gasteiger partial charge in [0.2, 0.25) is 17.7 Å². The van der Waals surface area contributed by atoms with Crippen molar-refractivity contribution in [2.45, 2.75) is 117 Å². The van der Waals surface area contributed by atoms with Crippen LogP contribution in [0.2, 0.25) is 0 Å². The molecule has 0 spiro atoms. The first-order valence-electron chi connectivity index (χ1n) is 13.8. The third-order valence-corrected chi connectivity index (χ3v) is 5.98. The van der Waals surface area contributed by atoms with E-state index in [1.54, 1.807) is 45.0 Å². The van der Waals surface area contributed by atoms with Crippen LogP contribution in [0.3, 0.4) is 0 Å². The molecule has 0 aromatic heterocycles. The fourth-order valence-corrected chi connectivity index (χ4v) is 4.12. The summed E-state index contributed by atoms with van der Waals surface area (Å²) in [5, 5.41) is 5.63. The monoisotopic (exact) mass is 556 g/mol. The van der Waals surface area contributed by atoms with Crippen LogP contribution in [0.15, 0.2) is 24.3 Å². The van der Waals surface area contributed by atoms with Crippen LogP contribution in [0.5, 0.6) is 0 Å². The van der Waals surface area contributed by atoms with Crippen molar-refractivity contribution >= 4 is 23.8 Å². The van der Waals surface area contributed by atoms with Crippen molar-refractivity contribution in [2.75, 3.05) is 0 Å². The highest BCUT2D eigenvalue weighted by atomic mass is 16.6. The van der Waals surface area contributed by atoms with Crippen molar-refractivity contribution in [3.8, 4) is 12.3 Å². The number of carbonyl (C=O) groups is 4. The van der Waals surface area contributed by atoms with Gasteiger partial charge in [-0.05, 0) is 91.3 Å². The Balaban J connectivity index is 3.70. The van der Waals surface area contributed by atoms with Crippen LogP contribution in [-0.4, -0.2) is 51.9 Å². The molecule has 4 N–H and O–H groups in total. The summed E-state index contributed by atoms with van der Waals surface area (Å²) >= 11 is 0. The second-order valence-electron chi connectivity index (χ2n) is 12.7. The van der Waals surface area contributed by atoms with Crippen molar-refractivity contribution in [3.05, 3.63) is 35.4 Å². The van der Waals surface area contributed by atoms with Crippen LogP contribution < -0.4 is 16.4 Å². The number of terminal acetylenes is 1. The lowest BCUT2D eigenvalue weighted by Crippen LogP contribution is -2.57. The van der Waals surface area contributed by atoms with Gasteiger partial charge in [0, 0.05) is 23.6 Å². The van der Waals surface area contributed by atoms with Crippen LogP contribution in [-0.2, 0) is 19.1 Å². The van der Waals surface area contributed by atoms with Gasteiger partial charge in [-0.25, -0.2) is 4.79 Å². The molecule has 3 atom stereocenters. The molecule has 222 valence electrons. The summed E-state index contributed by atoms with van der Waals surface area (Å²) in [7, 11) is 0. The zero-order valence-electron chi connectivity index (χ0n) is 25.6. The van der Waals surface area contributed by atoms with Gasteiger partial charge < -0.3 is 26.0 Å². The van der Waals surface area contributed by atoms with Gasteiger partial charge in [0.1, 0.15) is 17.7 Å². The first kappa shape index (κ1) is 34.5. The first-order chi connectivity index (χ1) is 18.3. The maximum absolute atomic E-state index is 14.3. The smallest absolute Gasteiger partial charge is 0.408 e. The molecule has 0 heterocycles. The number of primary amides is 1. The van der Waals surface area contributed by atoms with Crippen LogP contribution in [0, 0.1) is 18.3 Å². The number of nitrogens with zero attached hydrogens (tertiary/aromatic N) is 1. The van der Waals surface area contributed by atoms with E-state index in [1.807, 2.05) is 27.7 Å². The number of rotatable bonds is 12. The Hall–Kier alpha value is -3.54. The average molecular weight is 557 g/mol. The maximum Gasteiger partial charge on any atom is 0.408 e. The number of nitrogens with one attached hydrogen (secondary N) is 2. The maximum atomic E-state index is 14.3. The molecule has 40 heavy (non-hydrogen) atoms. The highest BCUT2D eigenvalue weighted by molar-refractivity contribution is 5.93. The van der Waals surface area contributed by atoms with E-state index in [9.17, 15) is 19.2 Å². The topological polar surface area (TPSA) is 131 Å². The third-order valence-electron chi connectivity index (χ3n) is 5.98. The van der Waals surface area contributed by atoms with Gasteiger partial charge in [-0.3, -0.25) is 14.4 Å². The van der Waals surface area contributed by atoms with E-state index in [1.165, 1.54) is 4.90 Å². The molecule has 0 aliphatic carbocycles. The molecule has 1 rings (SSSR count). The van der Waals surface area contributed by atoms with Gasteiger partial charge in [0.25, 0.3) is 0 Å². The molecule has 9 heteroatoms. The molecular weight excluding hydrogens is 508 g/mol. The molecule has 9 nitrogen and oxygen atoms in total. The normalized spacial score (nSPS) is 13.9. The number of hydrogen-bond acceptors (Lipinski definition) is 5. The van der Waals surface area contributed by atoms with Crippen molar-refractivity contribution in [1.29, 1.82) is 0 Å². The summed E-state index contributed by atoms with van der Waals surface area (Å²) in [6, 6.07) is 4.33. The van der Waals surface area contributed by atoms with E-state index in [2.05, 4.69) is 30.4 Å². The summed E-state index contributed by atoms with van der Waals surface area (Å²) in [4.78, 5) is 54.1. The predicted molar refractivity (Wildman–Crippen MR) is 157 cm³/mol. The lowest BCUT2D eigenvalue weighted by molar-refractivity contribution is -0.146. The minimum absolute atomic E-state index is 0.0511. The zero-order chi connectivity index (χ0) is 30.8. The first-order valence-corrected chi connectivity index (χ1v) is 13.8. The third kappa shape index (κ3) is 12.1. The molecule has 0 saturated heterocycles. The lowest BCUT2D eigenvalue weighted by Gasteiger charge is -2.40. The Morgan fingerprint density at radius 1 is 0.975 bits per heavy atom. The highest BCUT2D eigenvalue weighted by Gasteiger charge is 2.39. The molecular formula is C31H48N4O5. The molecule has 0 aliphatic heterocycles. The van der Waals surface area contributed by atoms with Crippen LogP contribution in [0.25, 0.3) is 0 Å². The van der Waals surface area contributed by atoms with Crippen molar-refractivity contribution < 1.29 is 23.9 Å². The Kier molecular flexibility index (Phi) is 12.7. The lowest BCUT2D eigenvalue weighted by atomic mass is 9.95. The molecule has 4 amide bonds. The van der Waals surface area contributed by atoms with Crippen LogP contribution in [0.4, 0.5) is 4.79 Å².